The molecule has 0 unspecified atom stereocenters. The normalized spacial score (nSPS) is 19.2. The number of fused-ring (bicyclic) bond motifs is 1. The Labute approximate surface area is 187 Å². The van der Waals surface area contributed by atoms with Crippen LogP contribution in [-0.4, -0.2) is 17.3 Å². The number of nitrogens with one attached hydrogen (secondary N) is 2. The van der Waals surface area contributed by atoms with Crippen molar-refractivity contribution in [1.29, 1.82) is 0 Å². The lowest BCUT2D eigenvalue weighted by atomic mass is 9.81. The third kappa shape index (κ3) is 4.12. The second-order valence-corrected chi connectivity index (χ2v) is 9.57. The van der Waals surface area contributed by atoms with E-state index in [0.717, 1.165) is 33.0 Å². The van der Waals surface area contributed by atoms with Crippen LogP contribution >= 0.6 is 12.6 Å². The number of anilines is 1. The van der Waals surface area contributed by atoms with Gasteiger partial charge in [-0.1, -0.05) is 69.3 Å². The van der Waals surface area contributed by atoms with Crippen LogP contribution in [0.2, 0.25) is 0 Å². The Balaban J connectivity index is 1.90. The molecule has 3 aromatic rings. The molecule has 1 saturated heterocycles. The summed E-state index contributed by atoms with van der Waals surface area (Å²) in [6.07, 6.45) is 0.278. The van der Waals surface area contributed by atoms with Crippen molar-refractivity contribution in [2.45, 2.75) is 38.1 Å². The van der Waals surface area contributed by atoms with Gasteiger partial charge >= 0.3 is 0 Å². The van der Waals surface area contributed by atoms with Crippen molar-refractivity contribution in [3.05, 3.63) is 65.7 Å². The van der Waals surface area contributed by atoms with Crippen LogP contribution in [0.1, 0.15) is 31.9 Å². The number of nitrogen functional groups attached to an aromatic ring is 1. The molecule has 2 amide bonds. The highest BCUT2D eigenvalue weighted by molar-refractivity contribution is 7.80. The molecule has 5 nitrogen and oxygen atoms in total. The summed E-state index contributed by atoms with van der Waals surface area (Å²) in [4.78, 5) is 25.1. The van der Waals surface area contributed by atoms with E-state index >= 15 is 0 Å². The highest BCUT2D eigenvalue weighted by Crippen LogP contribution is 2.39. The predicted molar refractivity (Wildman–Crippen MR) is 129 cm³/mol. The Morgan fingerprint density at radius 2 is 1.65 bits per heavy atom. The molecular formula is C25H27N3O2S. The van der Waals surface area contributed by atoms with E-state index in [2.05, 4.69) is 68.3 Å². The van der Waals surface area contributed by atoms with Crippen molar-refractivity contribution in [3.63, 3.8) is 0 Å². The maximum Gasteiger partial charge on any atom is 0.235 e. The topological polar surface area (TPSA) is 84.2 Å². The van der Waals surface area contributed by atoms with Crippen molar-refractivity contribution in [3.8, 4) is 11.1 Å². The van der Waals surface area contributed by atoms with E-state index in [1.165, 1.54) is 0 Å². The number of hydrogen-bond acceptors (Lipinski definition) is 4. The van der Waals surface area contributed by atoms with Crippen LogP contribution < -0.4 is 16.4 Å². The fourth-order valence-electron chi connectivity index (χ4n) is 4.07. The molecule has 1 heterocycles. The van der Waals surface area contributed by atoms with Gasteiger partial charge in [0.2, 0.25) is 11.8 Å². The van der Waals surface area contributed by atoms with Crippen molar-refractivity contribution < 1.29 is 9.59 Å². The Morgan fingerprint density at radius 3 is 2.32 bits per heavy atom. The van der Waals surface area contributed by atoms with E-state index < -0.39 is 11.4 Å². The minimum Gasteiger partial charge on any atom is -0.398 e. The molecule has 0 bridgehead atoms. The van der Waals surface area contributed by atoms with Crippen molar-refractivity contribution in [1.82, 2.24) is 10.6 Å². The van der Waals surface area contributed by atoms with Gasteiger partial charge in [-0.25, -0.2) is 0 Å². The third-order valence-corrected chi connectivity index (χ3v) is 6.08. The van der Waals surface area contributed by atoms with Crippen molar-refractivity contribution >= 4 is 40.9 Å². The van der Waals surface area contributed by atoms with Crippen molar-refractivity contribution in [2.24, 2.45) is 5.92 Å². The standard InChI is InChI=1S/C25H27N3O2S/c1-25(2,3)16-10-8-15(12-19-22(29)27-24(31)28-23(19)30)18(13-16)21-17-7-5-4-6-14(17)9-11-20(21)26/h4-11,13,19,24,31H,12,26H2,1-3H3,(H,27,29)(H,28,30). The number of thiol groups is 1. The van der Waals surface area contributed by atoms with E-state index in [1.807, 2.05) is 30.3 Å². The summed E-state index contributed by atoms with van der Waals surface area (Å²) in [5, 5.41) is 7.50. The lowest BCUT2D eigenvalue weighted by molar-refractivity contribution is -0.138. The Bertz CT molecular complexity index is 1170. The van der Waals surface area contributed by atoms with Gasteiger partial charge in [-0.3, -0.25) is 9.59 Å². The molecule has 0 aromatic heterocycles. The quantitative estimate of drug-likeness (QED) is 0.286. The first kappa shape index (κ1) is 21.2. The van der Waals surface area contributed by atoms with Crippen LogP contribution in [0.3, 0.4) is 0 Å². The zero-order valence-electron chi connectivity index (χ0n) is 17.9. The first-order valence-electron chi connectivity index (χ1n) is 10.3. The average Bonchev–Trinajstić information content (AvgIpc) is 2.70. The van der Waals surface area contributed by atoms with Crippen LogP contribution in [0.4, 0.5) is 5.69 Å². The number of rotatable bonds is 3. The molecule has 3 aromatic carbocycles. The van der Waals surface area contributed by atoms with Gasteiger partial charge in [0.25, 0.3) is 0 Å². The number of hydrogen-bond donors (Lipinski definition) is 4. The third-order valence-electron chi connectivity index (χ3n) is 5.82. The fourth-order valence-corrected chi connectivity index (χ4v) is 4.33. The first-order valence-corrected chi connectivity index (χ1v) is 10.9. The zero-order valence-corrected chi connectivity index (χ0v) is 18.8. The number of amides is 2. The van der Waals surface area contributed by atoms with Crippen LogP contribution in [-0.2, 0) is 21.4 Å². The molecule has 0 spiro atoms. The molecular weight excluding hydrogens is 406 g/mol. The van der Waals surface area contributed by atoms with E-state index in [-0.39, 0.29) is 23.7 Å². The number of carbonyl (C=O) groups excluding carboxylic acids is 2. The highest BCUT2D eigenvalue weighted by atomic mass is 32.1. The lowest BCUT2D eigenvalue weighted by Gasteiger charge is -2.28. The predicted octanol–water partition coefficient (Wildman–Crippen LogP) is 4.00. The van der Waals surface area contributed by atoms with Gasteiger partial charge in [0.05, 0.1) is 0 Å². The van der Waals surface area contributed by atoms with Crippen LogP contribution in [0, 0.1) is 5.92 Å². The van der Waals surface area contributed by atoms with Gasteiger partial charge in [0.1, 0.15) is 11.4 Å². The summed E-state index contributed by atoms with van der Waals surface area (Å²) >= 11 is 4.14. The molecule has 0 saturated carbocycles. The first-order chi connectivity index (χ1) is 14.6. The number of carbonyl (C=O) groups is 2. The molecule has 1 aliphatic rings. The van der Waals surface area contributed by atoms with E-state index in [0.29, 0.717) is 5.69 Å². The van der Waals surface area contributed by atoms with E-state index in [4.69, 9.17) is 5.73 Å². The average molecular weight is 434 g/mol. The molecule has 0 aliphatic carbocycles. The molecule has 1 aliphatic heterocycles. The summed E-state index contributed by atoms with van der Waals surface area (Å²) in [6, 6.07) is 18.3. The Hall–Kier alpha value is -2.99. The monoisotopic (exact) mass is 433 g/mol. The molecule has 0 radical (unpaired) electrons. The van der Waals surface area contributed by atoms with E-state index in [9.17, 15) is 9.59 Å². The van der Waals surface area contributed by atoms with Gasteiger partial charge in [-0.05, 0) is 45.4 Å². The minimum absolute atomic E-state index is 0.0640. The number of benzene rings is 3. The fraction of sp³-hybridized carbons (Fsp3) is 0.280. The zero-order chi connectivity index (χ0) is 22.3. The second kappa shape index (κ2) is 7.93. The van der Waals surface area contributed by atoms with Gasteiger partial charge < -0.3 is 16.4 Å². The second-order valence-electron chi connectivity index (χ2n) is 9.05. The highest BCUT2D eigenvalue weighted by Gasteiger charge is 2.34. The van der Waals surface area contributed by atoms with Gasteiger partial charge in [0.15, 0.2) is 0 Å². The molecule has 0 atom stereocenters. The smallest absolute Gasteiger partial charge is 0.235 e. The summed E-state index contributed by atoms with van der Waals surface area (Å²) < 4.78 is 0. The molecule has 160 valence electrons. The van der Waals surface area contributed by atoms with Crippen LogP contribution in [0.25, 0.3) is 21.9 Å². The SMILES string of the molecule is CC(C)(C)c1ccc(CC2C(=O)NC(S)NC2=O)c(-c2c(N)ccc3ccccc23)c1. The van der Waals surface area contributed by atoms with Gasteiger partial charge in [0, 0.05) is 11.3 Å². The van der Waals surface area contributed by atoms with Crippen LogP contribution in [0.15, 0.2) is 54.6 Å². The summed E-state index contributed by atoms with van der Waals surface area (Å²) in [6.45, 7) is 6.48. The molecule has 4 rings (SSSR count). The summed E-state index contributed by atoms with van der Waals surface area (Å²) in [5.74, 6) is -1.46. The Kier molecular flexibility index (Phi) is 5.43. The molecule has 1 fully saturated rings. The van der Waals surface area contributed by atoms with E-state index in [1.54, 1.807) is 0 Å². The maximum absolute atomic E-state index is 12.5. The Morgan fingerprint density at radius 1 is 0.968 bits per heavy atom. The van der Waals surface area contributed by atoms with Crippen molar-refractivity contribution in [2.75, 3.05) is 5.73 Å². The maximum atomic E-state index is 12.5. The van der Waals surface area contributed by atoms with Gasteiger partial charge in [-0.2, -0.15) is 0 Å². The lowest BCUT2D eigenvalue weighted by Crippen LogP contribution is -2.57. The molecule has 4 N–H and O–H groups in total. The summed E-state index contributed by atoms with van der Waals surface area (Å²) in [7, 11) is 0. The largest absolute Gasteiger partial charge is 0.398 e. The number of nitrogens with two attached hydrogens (primary N) is 1. The van der Waals surface area contributed by atoms with Gasteiger partial charge in [-0.15, -0.1) is 12.6 Å². The minimum atomic E-state index is -0.821. The molecule has 6 heteroatoms. The van der Waals surface area contributed by atoms with Crippen LogP contribution in [0.5, 0.6) is 0 Å². The summed E-state index contributed by atoms with van der Waals surface area (Å²) in [5.41, 5.74) is 10.4. The molecule has 31 heavy (non-hydrogen) atoms.